The molecule has 7 heteroatoms. The summed E-state index contributed by atoms with van der Waals surface area (Å²) in [5.41, 5.74) is 2.01. The number of anilines is 1. The highest BCUT2D eigenvalue weighted by Crippen LogP contribution is 2.22. The van der Waals surface area contributed by atoms with Gasteiger partial charge in [-0.3, -0.25) is 4.72 Å². The molecule has 22 heavy (non-hydrogen) atoms. The molecular formula is C15H13N3O3S. The van der Waals surface area contributed by atoms with E-state index >= 15 is 0 Å². The van der Waals surface area contributed by atoms with Crippen LogP contribution in [0.5, 0.6) is 11.6 Å². The highest BCUT2D eigenvalue weighted by Gasteiger charge is 2.04. The quantitative estimate of drug-likeness (QED) is 0.800. The first-order valence-electron chi connectivity index (χ1n) is 6.47. The third-order valence-corrected chi connectivity index (χ3v) is 3.41. The third-order valence-electron chi connectivity index (χ3n) is 2.81. The molecular weight excluding hydrogens is 302 g/mol. The fourth-order valence-corrected chi connectivity index (χ4v) is 2.48. The molecule has 0 unspecified atom stereocenters. The Bertz CT molecular complexity index is 909. The number of benzene rings is 2. The smallest absolute Gasteiger partial charge is 0.238 e. The summed E-state index contributed by atoms with van der Waals surface area (Å²) in [5, 5.41) is 0. The molecule has 6 nitrogen and oxygen atoms in total. The molecule has 1 aromatic heterocycles. The van der Waals surface area contributed by atoms with Crippen molar-refractivity contribution in [2.45, 2.75) is 0 Å². The zero-order chi connectivity index (χ0) is 15.6. The molecule has 0 amide bonds. The van der Waals surface area contributed by atoms with Gasteiger partial charge in [-0.1, -0.05) is 12.1 Å². The van der Waals surface area contributed by atoms with Crippen LogP contribution in [0.1, 0.15) is 0 Å². The van der Waals surface area contributed by atoms with Crippen molar-refractivity contribution in [1.29, 1.82) is 0 Å². The number of aromatic nitrogens is 2. The summed E-state index contributed by atoms with van der Waals surface area (Å²) in [6, 6.07) is 14.0. The van der Waals surface area contributed by atoms with Gasteiger partial charge in [-0.2, -0.15) is 0 Å². The van der Waals surface area contributed by atoms with Gasteiger partial charge in [0.05, 0.1) is 23.5 Å². The van der Waals surface area contributed by atoms with Crippen LogP contribution in [0.3, 0.4) is 0 Å². The van der Waals surface area contributed by atoms with E-state index in [1.165, 1.54) is 0 Å². The van der Waals surface area contributed by atoms with Crippen LogP contribution in [0.15, 0.2) is 54.7 Å². The molecule has 0 spiro atoms. The molecule has 0 saturated heterocycles. The van der Waals surface area contributed by atoms with Gasteiger partial charge in [0.1, 0.15) is 5.75 Å². The largest absolute Gasteiger partial charge is 0.437 e. The van der Waals surface area contributed by atoms with Gasteiger partial charge in [0.25, 0.3) is 0 Å². The number of nitrogens with one attached hydrogen (secondary N) is 1. The van der Waals surface area contributed by atoms with Gasteiger partial charge >= 0.3 is 0 Å². The van der Waals surface area contributed by atoms with E-state index in [0.29, 0.717) is 17.3 Å². The van der Waals surface area contributed by atoms with Gasteiger partial charge < -0.3 is 4.74 Å². The van der Waals surface area contributed by atoms with Gasteiger partial charge in [-0.15, -0.1) is 0 Å². The molecule has 0 bridgehead atoms. The Labute approximate surface area is 127 Å². The average molecular weight is 315 g/mol. The summed E-state index contributed by atoms with van der Waals surface area (Å²) in [5.74, 6) is 0.922. The topological polar surface area (TPSA) is 81.2 Å². The second-order valence-electron chi connectivity index (χ2n) is 4.70. The molecule has 3 aromatic rings. The Morgan fingerprint density at radius 2 is 1.68 bits per heavy atom. The van der Waals surface area contributed by atoms with Crippen molar-refractivity contribution < 1.29 is 13.2 Å². The fraction of sp³-hybridized carbons (Fsp3) is 0.0667. The van der Waals surface area contributed by atoms with E-state index < -0.39 is 10.0 Å². The number of sulfonamides is 1. The SMILES string of the molecule is CS(=O)(=O)Nc1ccc(Oc2cnc3ccccc3n2)cc1. The van der Waals surface area contributed by atoms with Crippen molar-refractivity contribution >= 4 is 26.7 Å². The number of hydrogen-bond donors (Lipinski definition) is 1. The Morgan fingerprint density at radius 3 is 2.36 bits per heavy atom. The molecule has 0 aliphatic rings. The van der Waals surface area contributed by atoms with Crippen molar-refractivity contribution in [2.75, 3.05) is 11.0 Å². The van der Waals surface area contributed by atoms with Gasteiger partial charge in [-0.25, -0.2) is 18.4 Å². The first-order valence-corrected chi connectivity index (χ1v) is 8.36. The maximum absolute atomic E-state index is 11.1. The molecule has 1 N–H and O–H groups in total. The van der Waals surface area contributed by atoms with Gasteiger partial charge in [-0.05, 0) is 36.4 Å². The van der Waals surface area contributed by atoms with Crippen molar-refractivity contribution in [3.05, 3.63) is 54.7 Å². The number of nitrogens with zero attached hydrogens (tertiary/aromatic N) is 2. The van der Waals surface area contributed by atoms with Crippen LogP contribution < -0.4 is 9.46 Å². The maximum Gasteiger partial charge on any atom is 0.238 e. The second kappa shape index (κ2) is 5.61. The minimum absolute atomic E-state index is 0.377. The van der Waals surface area contributed by atoms with E-state index in [2.05, 4.69) is 14.7 Å². The van der Waals surface area contributed by atoms with Crippen LogP contribution in [-0.2, 0) is 10.0 Å². The van der Waals surface area contributed by atoms with Crippen molar-refractivity contribution in [3.8, 4) is 11.6 Å². The first kappa shape index (κ1) is 14.3. The lowest BCUT2D eigenvalue weighted by Gasteiger charge is -2.07. The predicted molar refractivity (Wildman–Crippen MR) is 84.5 cm³/mol. The lowest BCUT2D eigenvalue weighted by Crippen LogP contribution is -2.09. The Hall–Kier alpha value is -2.67. The van der Waals surface area contributed by atoms with Gasteiger partial charge in [0.15, 0.2) is 0 Å². The third kappa shape index (κ3) is 3.50. The zero-order valence-electron chi connectivity index (χ0n) is 11.7. The molecule has 0 aliphatic heterocycles. The number of fused-ring (bicyclic) bond motifs is 1. The fourth-order valence-electron chi connectivity index (χ4n) is 1.92. The van der Waals surface area contributed by atoms with Crippen LogP contribution in [-0.4, -0.2) is 24.6 Å². The summed E-state index contributed by atoms with van der Waals surface area (Å²) in [7, 11) is -3.29. The second-order valence-corrected chi connectivity index (χ2v) is 6.45. The zero-order valence-corrected chi connectivity index (χ0v) is 12.5. The lowest BCUT2D eigenvalue weighted by atomic mass is 10.3. The number of rotatable bonds is 4. The summed E-state index contributed by atoms with van der Waals surface area (Å²) in [6.45, 7) is 0. The molecule has 0 fully saturated rings. The van der Waals surface area contributed by atoms with Crippen LogP contribution in [0.4, 0.5) is 5.69 Å². The van der Waals surface area contributed by atoms with Crippen molar-refractivity contribution in [1.82, 2.24) is 9.97 Å². The molecule has 3 rings (SSSR count). The molecule has 1 heterocycles. The number of para-hydroxylation sites is 2. The monoisotopic (exact) mass is 315 g/mol. The van der Waals surface area contributed by atoms with Gasteiger partial charge in [0, 0.05) is 5.69 Å². The Balaban J connectivity index is 1.79. The van der Waals surface area contributed by atoms with Crippen LogP contribution >= 0.6 is 0 Å². The van der Waals surface area contributed by atoms with Crippen molar-refractivity contribution in [3.63, 3.8) is 0 Å². The Kier molecular flexibility index (Phi) is 3.64. The predicted octanol–water partition coefficient (Wildman–Crippen LogP) is 2.79. The summed E-state index contributed by atoms with van der Waals surface area (Å²) in [6.07, 6.45) is 2.65. The highest BCUT2D eigenvalue weighted by molar-refractivity contribution is 7.92. The molecule has 0 atom stereocenters. The van der Waals surface area contributed by atoms with Crippen LogP contribution in [0.25, 0.3) is 11.0 Å². The van der Waals surface area contributed by atoms with Gasteiger partial charge in [0.2, 0.25) is 15.9 Å². The van der Waals surface area contributed by atoms with E-state index in [4.69, 9.17) is 4.74 Å². The molecule has 0 saturated carbocycles. The van der Waals surface area contributed by atoms with Crippen LogP contribution in [0.2, 0.25) is 0 Å². The average Bonchev–Trinajstić information content (AvgIpc) is 2.48. The van der Waals surface area contributed by atoms with E-state index in [0.717, 1.165) is 17.3 Å². The van der Waals surface area contributed by atoms with E-state index in [1.54, 1.807) is 30.5 Å². The number of hydrogen-bond acceptors (Lipinski definition) is 5. The van der Waals surface area contributed by atoms with E-state index in [1.807, 2.05) is 24.3 Å². The van der Waals surface area contributed by atoms with Crippen LogP contribution in [0, 0.1) is 0 Å². The molecule has 112 valence electrons. The normalized spacial score (nSPS) is 11.3. The Morgan fingerprint density at radius 1 is 1.00 bits per heavy atom. The number of ether oxygens (including phenoxy) is 1. The minimum atomic E-state index is -3.29. The molecule has 0 aliphatic carbocycles. The molecule has 0 radical (unpaired) electrons. The first-order chi connectivity index (χ1) is 10.5. The highest BCUT2D eigenvalue weighted by atomic mass is 32.2. The van der Waals surface area contributed by atoms with E-state index in [-0.39, 0.29) is 0 Å². The van der Waals surface area contributed by atoms with E-state index in [9.17, 15) is 8.42 Å². The summed E-state index contributed by atoms with van der Waals surface area (Å²) >= 11 is 0. The standard InChI is InChI=1S/C15H13N3O3S/c1-22(19,20)18-11-6-8-12(9-7-11)21-15-10-16-13-4-2-3-5-14(13)17-15/h2-10,18H,1H3. The molecule has 2 aromatic carbocycles. The maximum atomic E-state index is 11.1. The van der Waals surface area contributed by atoms with Crippen molar-refractivity contribution in [2.24, 2.45) is 0 Å². The lowest BCUT2D eigenvalue weighted by molar-refractivity contribution is 0.463. The minimum Gasteiger partial charge on any atom is -0.437 e. The summed E-state index contributed by atoms with van der Waals surface area (Å²) in [4.78, 5) is 8.62. The summed E-state index contributed by atoms with van der Waals surface area (Å²) < 4.78 is 30.3.